The molecule has 1 aliphatic rings. The zero-order chi connectivity index (χ0) is 14.0. The van der Waals surface area contributed by atoms with Crippen LogP contribution < -0.4 is 5.32 Å². The van der Waals surface area contributed by atoms with Crippen molar-refractivity contribution < 1.29 is 4.79 Å². The summed E-state index contributed by atoms with van der Waals surface area (Å²) in [5.41, 5.74) is 1.67. The summed E-state index contributed by atoms with van der Waals surface area (Å²) in [4.78, 5) is 11.6. The molecule has 0 fully saturated rings. The Morgan fingerprint density at radius 1 is 1.63 bits per heavy atom. The van der Waals surface area contributed by atoms with E-state index in [1.54, 1.807) is 0 Å². The number of hydrogen-bond acceptors (Lipinski definition) is 3. The Kier molecular flexibility index (Phi) is 4.72. The van der Waals surface area contributed by atoms with Crippen LogP contribution in [0.4, 0.5) is 5.00 Å². The maximum absolute atomic E-state index is 11.5. The largest absolute Gasteiger partial charge is 0.314 e. The first-order chi connectivity index (χ1) is 9.06. The van der Waals surface area contributed by atoms with Crippen molar-refractivity contribution in [2.24, 2.45) is 5.92 Å². The maximum Gasteiger partial charge on any atom is 0.258 e. The lowest BCUT2D eigenvalue weighted by molar-refractivity contribution is -0.114. The number of carbonyl (C=O) groups is 1. The predicted molar refractivity (Wildman–Crippen MR) is 79.0 cm³/mol. The summed E-state index contributed by atoms with van der Waals surface area (Å²) in [5, 5.41) is 12.5. The van der Waals surface area contributed by atoms with Crippen LogP contribution in [0.1, 0.15) is 35.8 Å². The van der Waals surface area contributed by atoms with Crippen LogP contribution in [0.5, 0.6) is 0 Å². The van der Waals surface area contributed by atoms with Crippen molar-refractivity contribution in [1.82, 2.24) is 0 Å². The molecule has 0 spiro atoms. The Labute approximate surface area is 126 Å². The summed E-state index contributed by atoms with van der Waals surface area (Å²) in [6.45, 7) is 2.18. The minimum absolute atomic E-state index is 0.481. The van der Waals surface area contributed by atoms with Crippen molar-refractivity contribution in [3.63, 3.8) is 0 Å². The number of nitrogens with one attached hydrogen (secondary N) is 1. The number of alkyl halides is 2. The van der Waals surface area contributed by atoms with Gasteiger partial charge in [-0.1, -0.05) is 36.5 Å². The van der Waals surface area contributed by atoms with Gasteiger partial charge in [0.05, 0.1) is 5.56 Å². The molecule has 2 rings (SSSR count). The first-order valence-corrected chi connectivity index (χ1v) is 7.89. The first kappa shape index (κ1) is 14.6. The average Bonchev–Trinajstić information content (AvgIpc) is 2.74. The first-order valence-electron chi connectivity index (χ1n) is 6.20. The third-order valence-corrected chi connectivity index (χ3v) is 5.06. The normalized spacial score (nSPS) is 17.9. The summed E-state index contributed by atoms with van der Waals surface area (Å²) in [7, 11) is 0. The highest BCUT2D eigenvalue weighted by molar-refractivity contribution is 7.16. The van der Waals surface area contributed by atoms with Crippen LogP contribution in [0, 0.1) is 17.2 Å². The summed E-state index contributed by atoms with van der Waals surface area (Å²) < 4.78 is 0. The number of thiophene rings is 1. The topological polar surface area (TPSA) is 52.9 Å². The van der Waals surface area contributed by atoms with E-state index >= 15 is 0 Å². The van der Waals surface area contributed by atoms with Crippen LogP contribution in [-0.2, 0) is 17.6 Å². The molecule has 6 heteroatoms. The second kappa shape index (κ2) is 6.13. The zero-order valence-corrected chi connectivity index (χ0v) is 12.8. The van der Waals surface area contributed by atoms with Gasteiger partial charge in [0.1, 0.15) is 11.1 Å². The van der Waals surface area contributed by atoms with Crippen LogP contribution >= 0.6 is 34.5 Å². The van der Waals surface area contributed by atoms with E-state index in [1.807, 2.05) is 0 Å². The number of nitriles is 1. The molecule has 1 aromatic heterocycles. The number of anilines is 1. The van der Waals surface area contributed by atoms with E-state index in [1.165, 1.54) is 16.2 Å². The molecule has 1 N–H and O–H groups in total. The van der Waals surface area contributed by atoms with Crippen molar-refractivity contribution in [3.05, 3.63) is 16.0 Å². The van der Waals surface area contributed by atoms with Gasteiger partial charge >= 0.3 is 0 Å². The SMILES string of the molecule is CCC1CCc2c(sc(NC(=O)C(Cl)Cl)c2C#N)C1. The molecule has 0 saturated carbocycles. The van der Waals surface area contributed by atoms with Crippen LogP contribution in [0.25, 0.3) is 0 Å². The van der Waals surface area contributed by atoms with Gasteiger partial charge in [0.2, 0.25) is 0 Å². The fourth-order valence-electron chi connectivity index (χ4n) is 2.38. The summed E-state index contributed by atoms with van der Waals surface area (Å²) in [6, 6.07) is 2.19. The molecule has 1 aromatic rings. The van der Waals surface area contributed by atoms with Crippen LogP contribution in [0.2, 0.25) is 0 Å². The Morgan fingerprint density at radius 2 is 2.37 bits per heavy atom. The molecule has 3 nitrogen and oxygen atoms in total. The number of amides is 1. The molecule has 0 bridgehead atoms. The van der Waals surface area contributed by atoms with E-state index in [0.717, 1.165) is 31.2 Å². The molecule has 1 amide bonds. The number of fused-ring (bicyclic) bond motifs is 1. The Bertz CT molecular complexity index is 533. The molecule has 1 aliphatic carbocycles. The molecule has 1 atom stereocenters. The van der Waals surface area contributed by atoms with Gasteiger partial charge < -0.3 is 5.32 Å². The monoisotopic (exact) mass is 316 g/mol. The van der Waals surface area contributed by atoms with Gasteiger partial charge in [0.25, 0.3) is 5.91 Å². The summed E-state index contributed by atoms with van der Waals surface area (Å²) in [6.07, 6.45) is 4.16. The number of rotatable bonds is 3. The maximum atomic E-state index is 11.5. The Morgan fingerprint density at radius 3 is 2.95 bits per heavy atom. The third-order valence-electron chi connectivity index (χ3n) is 3.49. The average molecular weight is 317 g/mol. The highest BCUT2D eigenvalue weighted by Crippen LogP contribution is 2.40. The second-order valence-electron chi connectivity index (χ2n) is 4.63. The molecule has 0 aromatic carbocycles. The fraction of sp³-hybridized carbons (Fsp3) is 0.538. The fourth-order valence-corrected chi connectivity index (χ4v) is 3.80. The Hall–Kier alpha value is -0.760. The predicted octanol–water partition coefficient (Wildman–Crippen LogP) is 3.88. The van der Waals surface area contributed by atoms with E-state index in [2.05, 4.69) is 18.3 Å². The van der Waals surface area contributed by atoms with Gasteiger partial charge in [-0.2, -0.15) is 5.26 Å². The lowest BCUT2D eigenvalue weighted by atomic mass is 9.86. The van der Waals surface area contributed by atoms with Gasteiger partial charge in [-0.3, -0.25) is 4.79 Å². The highest BCUT2D eigenvalue weighted by atomic mass is 35.5. The lowest BCUT2D eigenvalue weighted by Crippen LogP contribution is -2.18. The highest BCUT2D eigenvalue weighted by Gasteiger charge is 2.26. The van der Waals surface area contributed by atoms with Crippen molar-refractivity contribution >= 4 is 45.4 Å². The van der Waals surface area contributed by atoms with Crippen molar-refractivity contribution in [2.75, 3.05) is 5.32 Å². The van der Waals surface area contributed by atoms with Crippen LogP contribution in [0.3, 0.4) is 0 Å². The molecule has 19 heavy (non-hydrogen) atoms. The molecule has 102 valence electrons. The number of hydrogen-bond donors (Lipinski definition) is 1. The van der Waals surface area contributed by atoms with Crippen molar-refractivity contribution in [3.8, 4) is 6.07 Å². The van der Waals surface area contributed by atoms with Gasteiger partial charge in [-0.15, -0.1) is 11.3 Å². The van der Waals surface area contributed by atoms with Gasteiger partial charge in [0.15, 0.2) is 4.84 Å². The van der Waals surface area contributed by atoms with Gasteiger partial charge in [-0.05, 0) is 30.7 Å². The lowest BCUT2D eigenvalue weighted by Gasteiger charge is -2.20. The van der Waals surface area contributed by atoms with Crippen molar-refractivity contribution in [2.45, 2.75) is 37.4 Å². The molecule has 1 unspecified atom stereocenters. The minimum Gasteiger partial charge on any atom is -0.314 e. The molecular weight excluding hydrogens is 303 g/mol. The molecule has 0 radical (unpaired) electrons. The smallest absolute Gasteiger partial charge is 0.258 e. The van der Waals surface area contributed by atoms with Crippen LogP contribution in [-0.4, -0.2) is 10.7 Å². The van der Waals surface area contributed by atoms with E-state index < -0.39 is 10.7 Å². The molecule has 1 heterocycles. The van der Waals surface area contributed by atoms with E-state index in [0.29, 0.717) is 16.5 Å². The van der Waals surface area contributed by atoms with E-state index in [9.17, 15) is 10.1 Å². The van der Waals surface area contributed by atoms with Gasteiger partial charge in [-0.25, -0.2) is 0 Å². The van der Waals surface area contributed by atoms with E-state index in [4.69, 9.17) is 23.2 Å². The molecule has 0 aliphatic heterocycles. The third kappa shape index (κ3) is 3.05. The standard InChI is InChI=1S/C13H14Cl2N2OS/c1-2-7-3-4-8-9(6-16)13(19-10(8)5-7)17-12(18)11(14)15/h7,11H,2-5H2,1H3,(H,17,18). The minimum atomic E-state index is -1.12. The number of halogens is 2. The van der Waals surface area contributed by atoms with Gasteiger partial charge in [0, 0.05) is 4.88 Å². The van der Waals surface area contributed by atoms with E-state index in [-0.39, 0.29) is 0 Å². The number of nitrogens with zero attached hydrogens (tertiary/aromatic N) is 1. The zero-order valence-electron chi connectivity index (χ0n) is 10.5. The second-order valence-corrected chi connectivity index (χ2v) is 6.83. The summed E-state index contributed by atoms with van der Waals surface area (Å²) >= 11 is 12.5. The number of carbonyl (C=O) groups excluding carboxylic acids is 1. The Balaban J connectivity index is 2.29. The van der Waals surface area contributed by atoms with Crippen molar-refractivity contribution in [1.29, 1.82) is 5.26 Å². The molecular formula is C13H14Cl2N2OS. The quantitative estimate of drug-likeness (QED) is 0.860. The van der Waals surface area contributed by atoms with Crippen LogP contribution in [0.15, 0.2) is 0 Å². The molecule has 0 saturated heterocycles. The summed E-state index contributed by atoms with van der Waals surface area (Å²) in [5.74, 6) is 0.195.